The molecule has 2 saturated carbocycles. The third-order valence-corrected chi connectivity index (χ3v) is 5.05. The summed E-state index contributed by atoms with van der Waals surface area (Å²) in [6, 6.07) is 7.72. The summed E-state index contributed by atoms with van der Waals surface area (Å²) in [5.74, 6) is -0.0958. The van der Waals surface area contributed by atoms with Crippen LogP contribution in [0.3, 0.4) is 0 Å². The van der Waals surface area contributed by atoms with E-state index in [2.05, 4.69) is 10.2 Å². The number of benzene rings is 1. The molecule has 3 rings (SSSR count). The second kappa shape index (κ2) is 7.53. The Labute approximate surface area is 147 Å². The van der Waals surface area contributed by atoms with Gasteiger partial charge in [-0.3, -0.25) is 14.5 Å². The maximum atomic E-state index is 12.1. The van der Waals surface area contributed by atoms with Gasteiger partial charge in [0.05, 0.1) is 13.0 Å². The highest BCUT2D eigenvalue weighted by atomic mass is 35.5. The van der Waals surface area contributed by atoms with Crippen molar-refractivity contribution >= 4 is 23.5 Å². The lowest BCUT2D eigenvalue weighted by Gasteiger charge is -2.42. The van der Waals surface area contributed by atoms with Gasteiger partial charge in [0.15, 0.2) is 0 Å². The molecule has 6 heteroatoms. The fourth-order valence-electron chi connectivity index (χ4n) is 3.22. The van der Waals surface area contributed by atoms with Crippen molar-refractivity contribution < 1.29 is 14.7 Å². The number of carboxylic acid groups (broad SMARTS) is 1. The van der Waals surface area contributed by atoms with E-state index in [-0.39, 0.29) is 24.5 Å². The molecule has 2 aliphatic rings. The van der Waals surface area contributed by atoms with Gasteiger partial charge in [-0.1, -0.05) is 23.7 Å². The first-order chi connectivity index (χ1) is 11.5. The highest BCUT2D eigenvalue weighted by Crippen LogP contribution is 2.33. The standard InChI is InChI=1S/C18H23ClN2O3/c19-14-5-3-12(4-6-14)7-17(22)20-15-8-16(9-15)21(11-18(23)24)10-13-1-2-13/h3-6,13,15-16H,1-2,7-11H2,(H,20,22)(H,23,24). The van der Waals surface area contributed by atoms with Crippen LogP contribution in [0.15, 0.2) is 24.3 Å². The van der Waals surface area contributed by atoms with E-state index in [4.69, 9.17) is 16.7 Å². The number of amides is 1. The predicted octanol–water partition coefficient (Wildman–Crippen LogP) is 2.33. The number of rotatable bonds is 8. The van der Waals surface area contributed by atoms with Crippen molar-refractivity contribution in [3.05, 3.63) is 34.9 Å². The first kappa shape index (κ1) is 17.2. The van der Waals surface area contributed by atoms with E-state index in [9.17, 15) is 9.59 Å². The van der Waals surface area contributed by atoms with Crippen LogP contribution in [-0.4, -0.2) is 47.1 Å². The lowest BCUT2D eigenvalue weighted by molar-refractivity contribution is -0.140. The van der Waals surface area contributed by atoms with Crippen LogP contribution in [-0.2, 0) is 16.0 Å². The van der Waals surface area contributed by atoms with Gasteiger partial charge >= 0.3 is 5.97 Å². The molecule has 0 spiro atoms. The number of aliphatic carboxylic acids is 1. The monoisotopic (exact) mass is 350 g/mol. The highest BCUT2D eigenvalue weighted by molar-refractivity contribution is 6.30. The molecule has 2 aliphatic carbocycles. The van der Waals surface area contributed by atoms with E-state index in [0.717, 1.165) is 24.9 Å². The summed E-state index contributed by atoms with van der Waals surface area (Å²) in [6.07, 6.45) is 4.45. The molecule has 0 heterocycles. The number of carbonyl (C=O) groups is 2. The van der Waals surface area contributed by atoms with Crippen LogP contribution in [0.2, 0.25) is 5.02 Å². The van der Waals surface area contributed by atoms with Crippen LogP contribution >= 0.6 is 11.6 Å². The average molecular weight is 351 g/mol. The van der Waals surface area contributed by atoms with Crippen LogP contribution in [0.5, 0.6) is 0 Å². The highest BCUT2D eigenvalue weighted by Gasteiger charge is 2.37. The fraction of sp³-hybridized carbons (Fsp3) is 0.556. The van der Waals surface area contributed by atoms with Gasteiger partial charge in [-0.15, -0.1) is 0 Å². The molecule has 130 valence electrons. The van der Waals surface area contributed by atoms with E-state index in [1.165, 1.54) is 12.8 Å². The molecule has 0 saturated heterocycles. The van der Waals surface area contributed by atoms with Crippen LogP contribution in [0.1, 0.15) is 31.2 Å². The zero-order valence-corrected chi connectivity index (χ0v) is 14.3. The summed E-state index contributed by atoms with van der Waals surface area (Å²) in [7, 11) is 0. The molecule has 1 aromatic rings. The summed E-state index contributed by atoms with van der Waals surface area (Å²) >= 11 is 5.84. The smallest absolute Gasteiger partial charge is 0.317 e. The summed E-state index contributed by atoms with van der Waals surface area (Å²) in [5.41, 5.74) is 0.939. The SMILES string of the molecule is O=C(O)CN(CC1CC1)C1CC(NC(=O)Cc2ccc(Cl)cc2)C1. The number of hydrogen-bond donors (Lipinski definition) is 2. The maximum Gasteiger partial charge on any atom is 0.317 e. The summed E-state index contributed by atoms with van der Waals surface area (Å²) in [4.78, 5) is 25.2. The Morgan fingerprint density at radius 3 is 2.46 bits per heavy atom. The van der Waals surface area contributed by atoms with Crippen molar-refractivity contribution in [2.24, 2.45) is 5.92 Å². The van der Waals surface area contributed by atoms with Gasteiger partial charge < -0.3 is 10.4 Å². The van der Waals surface area contributed by atoms with Gasteiger partial charge in [0.2, 0.25) is 5.91 Å². The molecule has 24 heavy (non-hydrogen) atoms. The molecule has 0 radical (unpaired) electrons. The number of halogens is 1. The number of nitrogens with one attached hydrogen (secondary N) is 1. The average Bonchev–Trinajstić information content (AvgIpc) is 3.28. The van der Waals surface area contributed by atoms with Crippen LogP contribution < -0.4 is 5.32 Å². The Bertz CT molecular complexity index is 595. The Hall–Kier alpha value is -1.59. The zero-order valence-electron chi connectivity index (χ0n) is 13.6. The first-order valence-electron chi connectivity index (χ1n) is 8.49. The lowest BCUT2D eigenvalue weighted by Crippen LogP contribution is -2.55. The molecule has 0 aromatic heterocycles. The van der Waals surface area contributed by atoms with Gasteiger partial charge in [-0.05, 0) is 49.3 Å². The minimum Gasteiger partial charge on any atom is -0.480 e. The van der Waals surface area contributed by atoms with Crippen molar-refractivity contribution in [2.45, 2.75) is 44.2 Å². The Kier molecular flexibility index (Phi) is 5.41. The van der Waals surface area contributed by atoms with E-state index >= 15 is 0 Å². The van der Waals surface area contributed by atoms with Crippen molar-refractivity contribution in [3.63, 3.8) is 0 Å². The minimum absolute atomic E-state index is 0.00718. The molecule has 2 fully saturated rings. The lowest BCUT2D eigenvalue weighted by atomic mass is 9.85. The van der Waals surface area contributed by atoms with Gasteiger partial charge in [-0.25, -0.2) is 0 Å². The Morgan fingerprint density at radius 1 is 1.21 bits per heavy atom. The van der Waals surface area contributed by atoms with Gasteiger partial charge in [-0.2, -0.15) is 0 Å². The number of carboxylic acids is 1. The van der Waals surface area contributed by atoms with E-state index in [1.54, 1.807) is 12.1 Å². The first-order valence-corrected chi connectivity index (χ1v) is 8.87. The van der Waals surface area contributed by atoms with Crippen molar-refractivity contribution in [1.82, 2.24) is 10.2 Å². The topological polar surface area (TPSA) is 69.6 Å². The summed E-state index contributed by atoms with van der Waals surface area (Å²) in [5, 5.41) is 12.8. The third-order valence-electron chi connectivity index (χ3n) is 4.80. The largest absolute Gasteiger partial charge is 0.480 e. The second-order valence-corrected chi connectivity index (χ2v) is 7.40. The molecule has 2 N–H and O–H groups in total. The van der Waals surface area contributed by atoms with Gasteiger partial charge in [0.25, 0.3) is 0 Å². The van der Waals surface area contributed by atoms with Gasteiger partial charge in [0, 0.05) is 23.7 Å². The molecule has 1 amide bonds. The van der Waals surface area contributed by atoms with Crippen molar-refractivity contribution in [2.75, 3.05) is 13.1 Å². The second-order valence-electron chi connectivity index (χ2n) is 6.96. The Morgan fingerprint density at radius 2 is 1.88 bits per heavy atom. The third kappa shape index (κ3) is 4.95. The molecule has 0 atom stereocenters. The quantitative estimate of drug-likeness (QED) is 0.755. The molecule has 0 bridgehead atoms. The number of hydrogen-bond acceptors (Lipinski definition) is 3. The van der Waals surface area contributed by atoms with Crippen LogP contribution in [0.4, 0.5) is 0 Å². The summed E-state index contributed by atoms with van der Waals surface area (Å²) < 4.78 is 0. The van der Waals surface area contributed by atoms with E-state index < -0.39 is 5.97 Å². The minimum atomic E-state index is -0.772. The molecular formula is C18H23ClN2O3. The molecule has 0 unspecified atom stereocenters. The predicted molar refractivity (Wildman–Crippen MR) is 92.0 cm³/mol. The number of nitrogens with zero attached hydrogens (tertiary/aromatic N) is 1. The Balaban J connectivity index is 1.42. The van der Waals surface area contributed by atoms with Crippen LogP contribution in [0.25, 0.3) is 0 Å². The zero-order chi connectivity index (χ0) is 17.1. The normalized spacial score (nSPS) is 22.9. The van der Waals surface area contributed by atoms with Crippen molar-refractivity contribution in [1.29, 1.82) is 0 Å². The van der Waals surface area contributed by atoms with Crippen molar-refractivity contribution in [3.8, 4) is 0 Å². The summed E-state index contributed by atoms with van der Waals surface area (Å²) in [6.45, 7) is 0.981. The van der Waals surface area contributed by atoms with Gasteiger partial charge in [0.1, 0.15) is 0 Å². The van der Waals surface area contributed by atoms with E-state index in [1.807, 2.05) is 12.1 Å². The molecular weight excluding hydrogens is 328 g/mol. The molecule has 1 aromatic carbocycles. The molecule has 0 aliphatic heterocycles. The van der Waals surface area contributed by atoms with E-state index in [0.29, 0.717) is 17.4 Å². The fourth-order valence-corrected chi connectivity index (χ4v) is 3.34. The maximum absolute atomic E-state index is 12.1. The van der Waals surface area contributed by atoms with Crippen LogP contribution in [0, 0.1) is 5.92 Å². The number of carbonyl (C=O) groups excluding carboxylic acids is 1. The molecule has 5 nitrogen and oxygen atoms in total.